The molecule has 0 aliphatic carbocycles. The number of ether oxygens (including phenoxy) is 2. The molecule has 2 unspecified atom stereocenters. The zero-order valence-corrected chi connectivity index (χ0v) is 13.5. The Kier molecular flexibility index (Phi) is 7.14. The van der Waals surface area contributed by atoms with Crippen molar-refractivity contribution in [3.8, 4) is 0 Å². The molecule has 0 radical (unpaired) electrons. The Morgan fingerprint density at radius 1 is 0.905 bits per heavy atom. The molecule has 0 spiro atoms. The van der Waals surface area contributed by atoms with Gasteiger partial charge < -0.3 is 9.47 Å². The number of carbonyl (C=O) groups is 2. The second-order valence-electron chi connectivity index (χ2n) is 5.35. The van der Waals surface area contributed by atoms with E-state index in [0.717, 1.165) is 0 Å². The van der Waals surface area contributed by atoms with Crippen molar-refractivity contribution in [3.63, 3.8) is 0 Å². The smallest absolute Gasteiger partial charge is 0.305 e. The fourth-order valence-corrected chi connectivity index (χ4v) is 5.21. The number of esters is 2. The normalized spacial score (nSPS) is 23.7. The predicted octanol–water partition coefficient (Wildman–Crippen LogP) is 1.62. The third kappa shape index (κ3) is 5.30. The number of carbonyl (C=O) groups excluding carboxylic acids is 2. The number of methoxy groups -OCH3 is 2. The van der Waals surface area contributed by atoms with Gasteiger partial charge >= 0.3 is 11.9 Å². The Morgan fingerprint density at radius 2 is 1.29 bits per heavy atom. The molecule has 1 fully saturated rings. The third-order valence-electron chi connectivity index (χ3n) is 4.01. The minimum atomic E-state index is -3.14. The van der Waals surface area contributed by atoms with Crippen LogP contribution in [0.4, 0.5) is 0 Å². The van der Waals surface area contributed by atoms with Gasteiger partial charge in [0.05, 0.1) is 24.7 Å². The van der Waals surface area contributed by atoms with Crippen molar-refractivity contribution in [2.75, 3.05) is 14.2 Å². The summed E-state index contributed by atoms with van der Waals surface area (Å²) in [6.45, 7) is 0. The molecule has 0 aromatic heterocycles. The first kappa shape index (κ1) is 17.9. The molecule has 6 nitrogen and oxygen atoms in total. The van der Waals surface area contributed by atoms with E-state index in [1.807, 2.05) is 0 Å². The Labute approximate surface area is 126 Å². The zero-order valence-electron chi connectivity index (χ0n) is 12.7. The van der Waals surface area contributed by atoms with Gasteiger partial charge in [-0.25, -0.2) is 8.42 Å². The van der Waals surface area contributed by atoms with Crippen molar-refractivity contribution in [2.45, 2.75) is 61.9 Å². The lowest BCUT2D eigenvalue weighted by Crippen LogP contribution is -2.23. The van der Waals surface area contributed by atoms with E-state index in [1.54, 1.807) is 0 Å². The first-order valence-electron chi connectivity index (χ1n) is 7.28. The Hall–Kier alpha value is -1.11. The van der Waals surface area contributed by atoms with Gasteiger partial charge in [0.1, 0.15) is 0 Å². The van der Waals surface area contributed by atoms with Gasteiger partial charge in [0.15, 0.2) is 9.84 Å². The molecule has 1 rings (SSSR count). The molecule has 0 aromatic rings. The highest BCUT2D eigenvalue weighted by atomic mass is 32.2. The minimum Gasteiger partial charge on any atom is -0.469 e. The number of hydrogen-bond donors (Lipinski definition) is 0. The molecule has 0 bridgehead atoms. The van der Waals surface area contributed by atoms with Crippen LogP contribution >= 0.6 is 0 Å². The van der Waals surface area contributed by atoms with Crippen LogP contribution < -0.4 is 0 Å². The summed E-state index contributed by atoms with van der Waals surface area (Å²) in [7, 11) is -0.491. The summed E-state index contributed by atoms with van der Waals surface area (Å²) in [5, 5.41) is -0.712. The zero-order chi connectivity index (χ0) is 15.9. The van der Waals surface area contributed by atoms with Gasteiger partial charge in [-0.3, -0.25) is 9.59 Å². The van der Waals surface area contributed by atoms with E-state index in [1.165, 1.54) is 14.2 Å². The molecule has 1 aliphatic rings. The molecule has 21 heavy (non-hydrogen) atoms. The van der Waals surface area contributed by atoms with Crippen LogP contribution in [0.3, 0.4) is 0 Å². The topological polar surface area (TPSA) is 86.7 Å². The van der Waals surface area contributed by atoms with Crippen LogP contribution in [0, 0.1) is 0 Å². The van der Waals surface area contributed by atoms with Crippen molar-refractivity contribution in [2.24, 2.45) is 0 Å². The Bertz CT molecular complexity index is 420. The second kappa shape index (κ2) is 8.36. The fourth-order valence-electron chi connectivity index (χ4n) is 2.74. The molecular formula is C14H24O6S. The molecule has 1 saturated heterocycles. The molecule has 0 saturated carbocycles. The predicted molar refractivity (Wildman–Crippen MR) is 77.5 cm³/mol. The van der Waals surface area contributed by atoms with Crippen LogP contribution in [0.15, 0.2) is 0 Å². The molecule has 0 amide bonds. The first-order valence-corrected chi connectivity index (χ1v) is 8.89. The Balaban J connectivity index is 2.39. The fraction of sp³-hybridized carbons (Fsp3) is 0.857. The molecule has 1 heterocycles. The van der Waals surface area contributed by atoms with E-state index in [9.17, 15) is 18.0 Å². The maximum atomic E-state index is 12.4. The highest BCUT2D eigenvalue weighted by Gasteiger charge is 2.39. The summed E-state index contributed by atoms with van der Waals surface area (Å²) in [5.41, 5.74) is 0. The summed E-state index contributed by atoms with van der Waals surface area (Å²) < 4.78 is 33.8. The lowest BCUT2D eigenvalue weighted by Gasteiger charge is -2.13. The van der Waals surface area contributed by atoms with Crippen LogP contribution in [0.5, 0.6) is 0 Å². The van der Waals surface area contributed by atoms with E-state index in [4.69, 9.17) is 0 Å². The summed E-state index contributed by atoms with van der Waals surface area (Å²) >= 11 is 0. The molecule has 122 valence electrons. The van der Waals surface area contributed by atoms with Gasteiger partial charge in [0, 0.05) is 12.8 Å². The average Bonchev–Trinajstić information content (AvgIpc) is 2.74. The van der Waals surface area contributed by atoms with Crippen molar-refractivity contribution in [1.82, 2.24) is 0 Å². The first-order chi connectivity index (χ1) is 9.91. The molecule has 0 aromatic carbocycles. The van der Waals surface area contributed by atoms with Gasteiger partial charge in [-0.1, -0.05) is 0 Å². The maximum Gasteiger partial charge on any atom is 0.305 e. The molecule has 0 N–H and O–H groups in total. The lowest BCUT2D eigenvalue weighted by atomic mass is 10.1. The SMILES string of the molecule is COC(=O)CCCC1CCC(CCCC(=O)OC)S1(=O)=O. The molecule has 7 heteroatoms. The number of rotatable bonds is 8. The second-order valence-corrected chi connectivity index (χ2v) is 7.86. The van der Waals surface area contributed by atoms with Crippen LogP contribution in [-0.2, 0) is 28.9 Å². The van der Waals surface area contributed by atoms with E-state index in [0.29, 0.717) is 38.5 Å². The monoisotopic (exact) mass is 320 g/mol. The summed E-state index contributed by atoms with van der Waals surface area (Å²) in [6, 6.07) is 0. The highest BCUT2D eigenvalue weighted by molar-refractivity contribution is 7.92. The van der Waals surface area contributed by atoms with Gasteiger partial charge in [0.2, 0.25) is 0 Å². The average molecular weight is 320 g/mol. The summed E-state index contributed by atoms with van der Waals surface area (Å²) in [4.78, 5) is 22.1. The van der Waals surface area contributed by atoms with E-state index in [-0.39, 0.29) is 35.3 Å². The van der Waals surface area contributed by atoms with Gasteiger partial charge in [-0.15, -0.1) is 0 Å². The molecule has 2 atom stereocenters. The summed E-state index contributed by atoms with van der Waals surface area (Å²) in [6.07, 6.45) is 3.89. The number of sulfone groups is 1. The van der Waals surface area contributed by atoms with Crippen LogP contribution in [0.1, 0.15) is 51.4 Å². The lowest BCUT2D eigenvalue weighted by molar-refractivity contribution is -0.141. The van der Waals surface area contributed by atoms with Crippen LogP contribution in [0.25, 0.3) is 0 Å². The van der Waals surface area contributed by atoms with Crippen LogP contribution in [-0.4, -0.2) is 45.1 Å². The Morgan fingerprint density at radius 3 is 1.62 bits per heavy atom. The van der Waals surface area contributed by atoms with E-state index >= 15 is 0 Å². The standard InChI is InChI=1S/C14H24O6S/c1-19-13(15)7-3-5-11-9-10-12(21(11,17)18)6-4-8-14(16)20-2/h11-12H,3-10H2,1-2H3. The quantitative estimate of drug-likeness (QED) is 0.632. The van der Waals surface area contributed by atoms with Crippen LogP contribution in [0.2, 0.25) is 0 Å². The van der Waals surface area contributed by atoms with Crippen molar-refractivity contribution in [1.29, 1.82) is 0 Å². The van der Waals surface area contributed by atoms with Crippen molar-refractivity contribution in [3.05, 3.63) is 0 Å². The van der Waals surface area contributed by atoms with Crippen molar-refractivity contribution < 1.29 is 27.5 Å². The maximum absolute atomic E-state index is 12.4. The van der Waals surface area contributed by atoms with E-state index in [2.05, 4.69) is 9.47 Å². The minimum absolute atomic E-state index is 0.259. The van der Waals surface area contributed by atoms with Gasteiger partial charge in [-0.2, -0.15) is 0 Å². The highest BCUT2D eigenvalue weighted by Crippen LogP contribution is 2.33. The van der Waals surface area contributed by atoms with E-state index < -0.39 is 9.84 Å². The largest absolute Gasteiger partial charge is 0.469 e. The van der Waals surface area contributed by atoms with Crippen molar-refractivity contribution >= 4 is 21.8 Å². The third-order valence-corrected chi connectivity index (χ3v) is 6.81. The van der Waals surface area contributed by atoms with Gasteiger partial charge in [0.25, 0.3) is 0 Å². The molecule has 1 aliphatic heterocycles. The summed E-state index contributed by atoms with van der Waals surface area (Å²) in [5.74, 6) is -0.611. The van der Waals surface area contributed by atoms with Gasteiger partial charge in [-0.05, 0) is 38.5 Å². The number of hydrogen-bond acceptors (Lipinski definition) is 6. The molecular weight excluding hydrogens is 296 g/mol.